The third-order valence-corrected chi connectivity index (χ3v) is 2.20. The van der Waals surface area contributed by atoms with Crippen molar-refractivity contribution in [3.05, 3.63) is 24.3 Å². The van der Waals surface area contributed by atoms with Crippen LogP contribution in [0.5, 0.6) is 0 Å². The van der Waals surface area contributed by atoms with E-state index in [-0.39, 0.29) is 5.97 Å². The highest BCUT2D eigenvalue weighted by atomic mass is 16.7. The van der Waals surface area contributed by atoms with E-state index in [2.05, 4.69) is 22.0 Å². The quantitative estimate of drug-likeness (QED) is 0.328. The van der Waals surface area contributed by atoms with Crippen molar-refractivity contribution in [3.63, 3.8) is 0 Å². The summed E-state index contributed by atoms with van der Waals surface area (Å²) in [4.78, 5) is 24.0. The first-order valence-corrected chi connectivity index (χ1v) is 5.75. The summed E-state index contributed by atoms with van der Waals surface area (Å²) in [5.74, 6) is -0.304. The van der Waals surface area contributed by atoms with Gasteiger partial charge in [-0.3, -0.25) is 9.97 Å². The van der Waals surface area contributed by atoms with Crippen LogP contribution < -0.4 is 0 Å². The third-order valence-electron chi connectivity index (χ3n) is 2.20. The fourth-order valence-corrected chi connectivity index (χ4v) is 1.22. The number of oxime groups is 1. The Hall–Kier alpha value is -1.78. The lowest BCUT2D eigenvalue weighted by Gasteiger charge is -1.99. The van der Waals surface area contributed by atoms with Gasteiger partial charge in [0.15, 0.2) is 0 Å². The van der Waals surface area contributed by atoms with E-state index in [4.69, 9.17) is 4.84 Å². The lowest BCUT2D eigenvalue weighted by atomic mass is 10.2. The van der Waals surface area contributed by atoms with Crippen molar-refractivity contribution in [1.82, 2.24) is 9.97 Å². The predicted octanol–water partition coefficient (Wildman–Crippen LogP) is 2.32. The van der Waals surface area contributed by atoms with Crippen LogP contribution in [0.2, 0.25) is 0 Å². The number of hydrogen-bond donors (Lipinski definition) is 0. The molecule has 92 valence electrons. The average Bonchev–Trinajstić information content (AvgIpc) is 2.37. The van der Waals surface area contributed by atoms with Gasteiger partial charge in [-0.1, -0.05) is 24.9 Å². The Kier molecular flexibility index (Phi) is 5.85. The number of aromatic nitrogens is 2. The molecule has 0 spiro atoms. The molecule has 0 aliphatic carbocycles. The molecule has 0 bridgehead atoms. The van der Waals surface area contributed by atoms with Gasteiger partial charge < -0.3 is 4.84 Å². The summed E-state index contributed by atoms with van der Waals surface area (Å²) in [7, 11) is 0. The molecule has 5 heteroatoms. The van der Waals surface area contributed by atoms with Crippen molar-refractivity contribution in [1.29, 1.82) is 0 Å². The third kappa shape index (κ3) is 5.19. The monoisotopic (exact) mass is 235 g/mol. The highest BCUT2D eigenvalue weighted by Gasteiger charge is 2.04. The van der Waals surface area contributed by atoms with Gasteiger partial charge in [0.1, 0.15) is 11.4 Å². The molecule has 0 aliphatic rings. The smallest absolute Gasteiger partial charge is 0.318 e. The Morgan fingerprint density at radius 1 is 1.41 bits per heavy atom. The largest absolute Gasteiger partial charge is 0.335 e. The van der Waals surface area contributed by atoms with Gasteiger partial charge in [-0.2, -0.15) is 0 Å². The molecule has 1 rings (SSSR count). The van der Waals surface area contributed by atoms with Crippen LogP contribution in [0.15, 0.2) is 23.7 Å². The Morgan fingerprint density at radius 3 is 2.88 bits per heavy atom. The second-order valence-corrected chi connectivity index (χ2v) is 3.69. The van der Waals surface area contributed by atoms with E-state index in [9.17, 15) is 4.79 Å². The zero-order valence-corrected chi connectivity index (χ0v) is 10.2. The zero-order chi connectivity index (χ0) is 12.5. The van der Waals surface area contributed by atoms with E-state index in [1.54, 1.807) is 25.5 Å². The maximum Gasteiger partial charge on any atom is 0.335 e. The van der Waals surface area contributed by atoms with Crippen molar-refractivity contribution in [3.8, 4) is 0 Å². The maximum absolute atomic E-state index is 11.3. The predicted molar refractivity (Wildman–Crippen MR) is 64.5 cm³/mol. The highest BCUT2D eigenvalue weighted by Crippen LogP contribution is 2.01. The summed E-state index contributed by atoms with van der Waals surface area (Å²) in [6, 6.07) is 0. The fourth-order valence-electron chi connectivity index (χ4n) is 1.22. The molecule has 0 aromatic carbocycles. The lowest BCUT2D eigenvalue weighted by Crippen LogP contribution is -2.04. The normalized spacial score (nSPS) is 11.3. The van der Waals surface area contributed by atoms with Crippen LogP contribution in [0.3, 0.4) is 0 Å². The molecule has 1 aromatic rings. The standard InChI is InChI=1S/C12H17N3O2/c1-3-4-5-6-12(16)17-15-10(2)11-9-13-7-8-14-11/h7-9H,3-6H2,1-2H3/b15-10-. The second-order valence-electron chi connectivity index (χ2n) is 3.69. The molecule has 0 fully saturated rings. The molecule has 17 heavy (non-hydrogen) atoms. The summed E-state index contributed by atoms with van der Waals surface area (Å²) < 4.78 is 0. The van der Waals surface area contributed by atoms with E-state index < -0.39 is 0 Å². The van der Waals surface area contributed by atoms with Crippen LogP contribution in [-0.2, 0) is 9.63 Å². The first kappa shape index (κ1) is 13.3. The molecule has 0 atom stereocenters. The van der Waals surface area contributed by atoms with Crippen molar-refractivity contribution in [2.75, 3.05) is 0 Å². The van der Waals surface area contributed by atoms with Crippen molar-refractivity contribution >= 4 is 11.7 Å². The first-order chi connectivity index (χ1) is 8.24. The summed E-state index contributed by atoms with van der Waals surface area (Å²) in [5, 5.41) is 3.74. The molecule has 1 aromatic heterocycles. The maximum atomic E-state index is 11.3. The van der Waals surface area contributed by atoms with Crippen LogP contribution in [0.1, 0.15) is 45.2 Å². The topological polar surface area (TPSA) is 64.4 Å². The molecular weight excluding hydrogens is 218 g/mol. The minimum Gasteiger partial charge on any atom is -0.318 e. The minimum absolute atomic E-state index is 0.304. The van der Waals surface area contributed by atoms with Crippen LogP contribution in [0.25, 0.3) is 0 Å². The van der Waals surface area contributed by atoms with Gasteiger partial charge in [-0.15, -0.1) is 0 Å². The molecule has 1 heterocycles. The summed E-state index contributed by atoms with van der Waals surface area (Å²) >= 11 is 0. The van der Waals surface area contributed by atoms with Gasteiger partial charge >= 0.3 is 5.97 Å². The van der Waals surface area contributed by atoms with Crippen molar-refractivity contribution in [2.24, 2.45) is 5.16 Å². The first-order valence-electron chi connectivity index (χ1n) is 5.75. The van der Waals surface area contributed by atoms with Gasteiger partial charge in [-0.25, -0.2) is 4.79 Å². The number of unbranched alkanes of at least 4 members (excludes halogenated alkanes) is 2. The zero-order valence-electron chi connectivity index (χ0n) is 10.2. The Labute approximate surface area is 101 Å². The van der Waals surface area contributed by atoms with Gasteiger partial charge in [0, 0.05) is 18.8 Å². The van der Waals surface area contributed by atoms with Crippen LogP contribution in [0, 0.1) is 0 Å². The van der Waals surface area contributed by atoms with Gasteiger partial charge in [-0.05, 0) is 13.3 Å². The fraction of sp³-hybridized carbons (Fsp3) is 0.500. The lowest BCUT2D eigenvalue weighted by molar-refractivity contribution is -0.143. The Bertz CT molecular complexity index is 377. The molecule has 0 radical (unpaired) electrons. The molecule has 0 saturated heterocycles. The van der Waals surface area contributed by atoms with Gasteiger partial charge in [0.2, 0.25) is 0 Å². The van der Waals surface area contributed by atoms with Crippen molar-refractivity contribution in [2.45, 2.75) is 39.5 Å². The highest BCUT2D eigenvalue weighted by molar-refractivity contribution is 5.96. The molecule has 0 amide bonds. The SMILES string of the molecule is CCCCCC(=O)O/N=C(/C)c1cnccn1. The van der Waals surface area contributed by atoms with Gasteiger partial charge in [0.25, 0.3) is 0 Å². The molecule has 0 N–H and O–H groups in total. The molecule has 0 aliphatic heterocycles. The Balaban J connectivity index is 2.40. The number of rotatable bonds is 6. The molecule has 5 nitrogen and oxygen atoms in total. The van der Waals surface area contributed by atoms with E-state index in [0.29, 0.717) is 17.8 Å². The van der Waals surface area contributed by atoms with E-state index >= 15 is 0 Å². The summed E-state index contributed by atoms with van der Waals surface area (Å²) in [6.07, 6.45) is 8.08. The van der Waals surface area contributed by atoms with Gasteiger partial charge in [0.05, 0.1) is 6.20 Å². The van der Waals surface area contributed by atoms with Crippen LogP contribution in [0.4, 0.5) is 0 Å². The molecular formula is C12H17N3O2. The number of carbonyl (C=O) groups excluding carboxylic acids is 1. The van der Waals surface area contributed by atoms with Crippen molar-refractivity contribution < 1.29 is 9.63 Å². The number of hydrogen-bond acceptors (Lipinski definition) is 5. The number of carbonyl (C=O) groups is 1. The molecule has 0 unspecified atom stereocenters. The second kappa shape index (κ2) is 7.49. The number of nitrogens with zero attached hydrogens (tertiary/aromatic N) is 3. The average molecular weight is 235 g/mol. The van der Waals surface area contributed by atoms with E-state index in [1.165, 1.54) is 0 Å². The summed E-state index contributed by atoms with van der Waals surface area (Å²) in [6.45, 7) is 3.81. The summed E-state index contributed by atoms with van der Waals surface area (Å²) in [5.41, 5.74) is 1.15. The van der Waals surface area contributed by atoms with Crippen LogP contribution in [-0.4, -0.2) is 21.6 Å². The molecule has 0 saturated carbocycles. The minimum atomic E-state index is -0.304. The van der Waals surface area contributed by atoms with Crippen LogP contribution >= 0.6 is 0 Å². The van der Waals surface area contributed by atoms with E-state index in [0.717, 1.165) is 19.3 Å². The van der Waals surface area contributed by atoms with E-state index in [1.807, 2.05) is 0 Å². The Morgan fingerprint density at radius 2 is 2.24 bits per heavy atom.